The van der Waals surface area contributed by atoms with E-state index in [0.29, 0.717) is 41.0 Å². The first-order valence-corrected chi connectivity index (χ1v) is 12.7. The Morgan fingerprint density at radius 1 is 1.00 bits per heavy atom. The molecule has 0 radical (unpaired) electrons. The molecule has 0 fully saturated rings. The summed E-state index contributed by atoms with van der Waals surface area (Å²) in [5.41, 5.74) is 2.08. The van der Waals surface area contributed by atoms with Gasteiger partial charge in [0.15, 0.2) is 5.82 Å². The van der Waals surface area contributed by atoms with Crippen LogP contribution in [0.1, 0.15) is 19.7 Å². The predicted octanol–water partition coefficient (Wildman–Crippen LogP) is 5.30. The second-order valence-corrected chi connectivity index (χ2v) is 9.89. The van der Waals surface area contributed by atoms with Gasteiger partial charge in [-0.05, 0) is 54.6 Å². The topological polar surface area (TPSA) is 73.7 Å². The van der Waals surface area contributed by atoms with Gasteiger partial charge >= 0.3 is 0 Å². The van der Waals surface area contributed by atoms with Gasteiger partial charge in [-0.3, -0.25) is 4.57 Å². The third kappa shape index (κ3) is 4.61. The SMILES string of the molecule is CCN(CC)S(=O)(=O)c1ccc2c(c1)nc(COc1ccc(Cl)cc1)n2-c1ccccc1OC. The minimum atomic E-state index is -3.62. The number of aromatic nitrogens is 2. The van der Waals surface area contributed by atoms with Crippen molar-refractivity contribution in [3.8, 4) is 17.2 Å². The van der Waals surface area contributed by atoms with Gasteiger partial charge in [0.25, 0.3) is 0 Å². The van der Waals surface area contributed by atoms with E-state index in [2.05, 4.69) is 0 Å². The molecule has 1 heterocycles. The molecule has 0 N–H and O–H groups in total. The molecule has 34 heavy (non-hydrogen) atoms. The second-order valence-electron chi connectivity index (χ2n) is 7.52. The highest BCUT2D eigenvalue weighted by molar-refractivity contribution is 7.89. The van der Waals surface area contributed by atoms with E-state index in [0.717, 1.165) is 11.2 Å². The Kier molecular flexibility index (Phi) is 7.11. The third-order valence-corrected chi connectivity index (χ3v) is 7.84. The fourth-order valence-corrected chi connectivity index (χ4v) is 5.45. The van der Waals surface area contributed by atoms with Gasteiger partial charge in [0.1, 0.15) is 18.1 Å². The van der Waals surface area contributed by atoms with E-state index in [1.54, 1.807) is 49.6 Å². The molecule has 4 aromatic rings. The maximum atomic E-state index is 13.1. The largest absolute Gasteiger partial charge is 0.495 e. The normalized spacial score (nSPS) is 11.8. The first-order valence-electron chi connectivity index (χ1n) is 10.9. The van der Waals surface area contributed by atoms with Crippen LogP contribution in [-0.2, 0) is 16.6 Å². The van der Waals surface area contributed by atoms with Crippen LogP contribution in [0.3, 0.4) is 0 Å². The molecule has 0 amide bonds. The van der Waals surface area contributed by atoms with Crippen LogP contribution in [0, 0.1) is 0 Å². The summed E-state index contributed by atoms with van der Waals surface area (Å²) in [5.74, 6) is 1.91. The van der Waals surface area contributed by atoms with E-state index >= 15 is 0 Å². The Bertz CT molecular complexity index is 1400. The number of halogens is 1. The monoisotopic (exact) mass is 499 g/mol. The Morgan fingerprint density at radius 2 is 1.71 bits per heavy atom. The van der Waals surface area contributed by atoms with Gasteiger partial charge in [0.05, 0.1) is 28.7 Å². The molecular formula is C25H26ClN3O4S. The van der Waals surface area contributed by atoms with E-state index in [1.165, 1.54) is 4.31 Å². The van der Waals surface area contributed by atoms with E-state index < -0.39 is 10.0 Å². The summed E-state index contributed by atoms with van der Waals surface area (Å²) in [6.45, 7) is 4.59. The minimum Gasteiger partial charge on any atom is -0.495 e. The quantitative estimate of drug-likeness (QED) is 0.312. The lowest BCUT2D eigenvalue weighted by atomic mass is 10.2. The number of para-hydroxylation sites is 2. The van der Waals surface area contributed by atoms with E-state index in [9.17, 15) is 8.42 Å². The maximum Gasteiger partial charge on any atom is 0.243 e. The molecule has 0 unspecified atom stereocenters. The predicted molar refractivity (Wildman–Crippen MR) is 134 cm³/mol. The summed E-state index contributed by atoms with van der Waals surface area (Å²) >= 11 is 5.98. The highest BCUT2D eigenvalue weighted by atomic mass is 35.5. The molecule has 1 aromatic heterocycles. The molecule has 0 aliphatic carbocycles. The van der Waals surface area contributed by atoms with Gasteiger partial charge in [-0.25, -0.2) is 13.4 Å². The summed E-state index contributed by atoms with van der Waals surface area (Å²) in [4.78, 5) is 4.96. The number of benzene rings is 3. The van der Waals surface area contributed by atoms with Gasteiger partial charge in [-0.15, -0.1) is 0 Å². The van der Waals surface area contributed by atoms with Gasteiger partial charge < -0.3 is 9.47 Å². The number of nitrogens with zero attached hydrogens (tertiary/aromatic N) is 3. The molecule has 3 aromatic carbocycles. The van der Waals surface area contributed by atoms with Crippen molar-refractivity contribution in [1.29, 1.82) is 0 Å². The standard InChI is InChI=1S/C25H26ClN3O4S/c1-4-28(5-2)34(30,31)20-14-15-22-21(16-20)27-25(17-33-19-12-10-18(26)11-13-19)29(22)23-8-6-7-9-24(23)32-3/h6-16H,4-5,17H2,1-3H3. The van der Waals surface area contributed by atoms with Crippen molar-refractivity contribution in [2.75, 3.05) is 20.2 Å². The fraction of sp³-hybridized carbons (Fsp3) is 0.240. The molecule has 0 saturated heterocycles. The van der Waals surface area contributed by atoms with E-state index in [1.807, 2.05) is 42.7 Å². The fourth-order valence-electron chi connectivity index (χ4n) is 3.84. The minimum absolute atomic E-state index is 0.159. The third-order valence-electron chi connectivity index (χ3n) is 5.55. The van der Waals surface area contributed by atoms with Crippen LogP contribution in [0.4, 0.5) is 0 Å². The molecule has 0 spiro atoms. The van der Waals surface area contributed by atoms with Crippen LogP contribution in [-0.4, -0.2) is 42.5 Å². The number of imidazole rings is 1. The Hall–Kier alpha value is -3.07. The van der Waals surface area contributed by atoms with Crippen molar-refractivity contribution in [3.63, 3.8) is 0 Å². The molecule has 4 rings (SSSR count). The maximum absolute atomic E-state index is 13.1. The van der Waals surface area contributed by atoms with Gasteiger partial charge in [0.2, 0.25) is 10.0 Å². The summed E-state index contributed by atoms with van der Waals surface area (Å²) in [7, 11) is -2.01. The van der Waals surface area contributed by atoms with Gasteiger partial charge in [-0.2, -0.15) is 4.31 Å². The van der Waals surface area contributed by atoms with Gasteiger partial charge in [-0.1, -0.05) is 37.6 Å². The molecular weight excluding hydrogens is 474 g/mol. The molecule has 0 bridgehead atoms. The number of hydrogen-bond donors (Lipinski definition) is 0. The molecule has 0 saturated carbocycles. The number of hydrogen-bond acceptors (Lipinski definition) is 5. The molecule has 0 aliphatic rings. The van der Waals surface area contributed by atoms with Crippen molar-refractivity contribution < 1.29 is 17.9 Å². The van der Waals surface area contributed by atoms with Crippen LogP contribution in [0.15, 0.2) is 71.6 Å². The van der Waals surface area contributed by atoms with Crippen LogP contribution in [0.5, 0.6) is 11.5 Å². The zero-order chi connectivity index (χ0) is 24.3. The summed E-state index contributed by atoms with van der Waals surface area (Å²) in [6, 6.07) is 19.7. The summed E-state index contributed by atoms with van der Waals surface area (Å²) in [6.07, 6.45) is 0. The first-order chi connectivity index (χ1) is 16.4. The first kappa shape index (κ1) is 24.1. The number of sulfonamides is 1. The van der Waals surface area contributed by atoms with Crippen LogP contribution >= 0.6 is 11.6 Å². The van der Waals surface area contributed by atoms with Crippen molar-refractivity contribution in [2.45, 2.75) is 25.3 Å². The second kappa shape index (κ2) is 10.0. The van der Waals surface area contributed by atoms with Crippen molar-refractivity contribution in [1.82, 2.24) is 13.9 Å². The van der Waals surface area contributed by atoms with Crippen LogP contribution in [0.25, 0.3) is 16.7 Å². The zero-order valence-electron chi connectivity index (χ0n) is 19.2. The molecule has 178 valence electrons. The highest BCUT2D eigenvalue weighted by Gasteiger charge is 2.24. The van der Waals surface area contributed by atoms with Crippen LogP contribution in [0.2, 0.25) is 5.02 Å². The molecule has 0 atom stereocenters. The number of ether oxygens (including phenoxy) is 2. The average Bonchev–Trinajstić information content (AvgIpc) is 3.21. The van der Waals surface area contributed by atoms with E-state index in [4.69, 9.17) is 26.1 Å². The number of fused-ring (bicyclic) bond motifs is 1. The molecule has 0 aliphatic heterocycles. The van der Waals surface area contributed by atoms with Crippen molar-refractivity contribution in [3.05, 3.63) is 77.6 Å². The van der Waals surface area contributed by atoms with Crippen LogP contribution < -0.4 is 9.47 Å². The average molecular weight is 500 g/mol. The smallest absolute Gasteiger partial charge is 0.243 e. The Morgan fingerprint density at radius 3 is 2.38 bits per heavy atom. The highest BCUT2D eigenvalue weighted by Crippen LogP contribution is 2.31. The lowest BCUT2D eigenvalue weighted by Gasteiger charge is -2.18. The molecule has 7 nitrogen and oxygen atoms in total. The Labute approximate surface area is 204 Å². The number of methoxy groups -OCH3 is 1. The lowest BCUT2D eigenvalue weighted by Crippen LogP contribution is -2.30. The summed E-state index contributed by atoms with van der Waals surface area (Å²) < 4.78 is 41.1. The van der Waals surface area contributed by atoms with Gasteiger partial charge in [0, 0.05) is 18.1 Å². The number of rotatable bonds is 9. The molecule has 9 heteroatoms. The lowest BCUT2D eigenvalue weighted by molar-refractivity contribution is 0.294. The zero-order valence-corrected chi connectivity index (χ0v) is 20.8. The summed E-state index contributed by atoms with van der Waals surface area (Å²) in [5, 5.41) is 0.621. The van der Waals surface area contributed by atoms with Crippen molar-refractivity contribution in [2.24, 2.45) is 0 Å². The van der Waals surface area contributed by atoms with E-state index in [-0.39, 0.29) is 11.5 Å². The Balaban J connectivity index is 1.84. The van der Waals surface area contributed by atoms with Crippen molar-refractivity contribution >= 4 is 32.7 Å².